The Kier molecular flexibility index (Phi) is 4.41. The van der Waals surface area contributed by atoms with Gasteiger partial charge in [-0.3, -0.25) is 4.55 Å². The maximum Gasteiger partial charge on any atom is 0.335 e. The van der Waals surface area contributed by atoms with E-state index in [-0.39, 0.29) is 21.9 Å². The Morgan fingerprint density at radius 3 is 2.23 bits per heavy atom. The molecule has 132 valence electrons. The smallest absolute Gasteiger partial charge is 0.335 e. The van der Waals surface area contributed by atoms with Crippen LogP contribution in [-0.2, 0) is 10.1 Å². The van der Waals surface area contributed by atoms with E-state index in [2.05, 4.69) is 10.2 Å². The molecule has 3 aromatic carbocycles. The van der Waals surface area contributed by atoms with Gasteiger partial charge in [0.25, 0.3) is 10.1 Å². The Labute approximate surface area is 147 Å². The van der Waals surface area contributed by atoms with Gasteiger partial charge in [-0.15, -0.1) is 5.11 Å². The molecule has 0 saturated heterocycles. The minimum absolute atomic E-state index is 0.106. The van der Waals surface area contributed by atoms with Crippen LogP contribution in [0.2, 0.25) is 0 Å². The lowest BCUT2D eigenvalue weighted by molar-refractivity contribution is 0.0697. The summed E-state index contributed by atoms with van der Waals surface area (Å²) in [5.74, 6) is -1.22. The summed E-state index contributed by atoms with van der Waals surface area (Å²) >= 11 is 0. The fourth-order valence-corrected chi connectivity index (χ4v) is 2.84. The van der Waals surface area contributed by atoms with Crippen LogP contribution in [0.25, 0.3) is 10.8 Å². The van der Waals surface area contributed by atoms with E-state index in [4.69, 9.17) is 9.66 Å². The lowest BCUT2D eigenvalue weighted by atomic mass is 10.1. The molecule has 8 nitrogen and oxygen atoms in total. The highest BCUT2D eigenvalue weighted by atomic mass is 32.2. The van der Waals surface area contributed by atoms with Crippen LogP contribution in [-0.4, -0.2) is 29.2 Å². The molecule has 0 spiro atoms. The molecule has 0 atom stereocenters. The molecule has 3 N–H and O–H groups in total. The average Bonchev–Trinajstić information content (AvgIpc) is 2.60. The Balaban J connectivity index is 2.03. The fourth-order valence-electron chi connectivity index (χ4n) is 2.32. The van der Waals surface area contributed by atoms with Crippen LogP contribution < -0.4 is 0 Å². The summed E-state index contributed by atoms with van der Waals surface area (Å²) in [7, 11) is -4.35. The largest absolute Gasteiger partial charge is 0.506 e. The van der Waals surface area contributed by atoms with Gasteiger partial charge in [0.1, 0.15) is 11.4 Å². The number of hydrogen-bond acceptors (Lipinski definition) is 6. The van der Waals surface area contributed by atoms with Crippen molar-refractivity contribution in [3.63, 3.8) is 0 Å². The Hall–Kier alpha value is -3.30. The van der Waals surface area contributed by atoms with Gasteiger partial charge in [-0.05, 0) is 47.9 Å². The third-order valence-electron chi connectivity index (χ3n) is 3.62. The molecule has 3 aromatic rings. The van der Waals surface area contributed by atoms with Crippen molar-refractivity contribution in [3.8, 4) is 5.75 Å². The predicted molar refractivity (Wildman–Crippen MR) is 93.0 cm³/mol. The highest BCUT2D eigenvalue weighted by molar-refractivity contribution is 7.85. The van der Waals surface area contributed by atoms with Crippen molar-refractivity contribution in [3.05, 3.63) is 60.2 Å². The molecular weight excluding hydrogens is 360 g/mol. The van der Waals surface area contributed by atoms with Gasteiger partial charge in [0.2, 0.25) is 0 Å². The number of carboxylic acid groups (broad SMARTS) is 1. The first-order valence-corrected chi connectivity index (χ1v) is 8.68. The van der Waals surface area contributed by atoms with Crippen LogP contribution in [0.3, 0.4) is 0 Å². The predicted octanol–water partition coefficient (Wildman–Crippen LogP) is 3.91. The van der Waals surface area contributed by atoms with Crippen LogP contribution in [0.1, 0.15) is 10.4 Å². The van der Waals surface area contributed by atoms with Gasteiger partial charge in [0.15, 0.2) is 0 Å². The fraction of sp³-hybridized carbons (Fsp3) is 0. The molecular formula is C17H12N2O6S. The second-order valence-corrected chi connectivity index (χ2v) is 6.76. The summed E-state index contributed by atoms with van der Waals surface area (Å²) in [4.78, 5) is 10.6. The van der Waals surface area contributed by atoms with Crippen LogP contribution in [0.4, 0.5) is 11.4 Å². The van der Waals surface area contributed by atoms with Crippen molar-refractivity contribution in [1.29, 1.82) is 0 Å². The van der Waals surface area contributed by atoms with Gasteiger partial charge in [0.05, 0.1) is 16.1 Å². The number of phenols is 1. The zero-order chi connectivity index (χ0) is 18.9. The Morgan fingerprint density at radius 2 is 1.62 bits per heavy atom. The maximum atomic E-state index is 11.2. The van der Waals surface area contributed by atoms with Gasteiger partial charge in [-0.25, -0.2) is 4.79 Å². The molecule has 3 rings (SSSR count). The van der Waals surface area contributed by atoms with E-state index in [1.165, 1.54) is 54.6 Å². The first-order chi connectivity index (χ1) is 12.3. The number of benzene rings is 3. The average molecular weight is 372 g/mol. The molecule has 0 unspecified atom stereocenters. The summed E-state index contributed by atoms with van der Waals surface area (Å²) in [6, 6.07) is 12.3. The standard InChI is InChI=1S/C17H12N2O6S/c20-15-8-3-11-9-13(26(23,24)25)6-7-14(11)16(15)19-18-12-4-1-10(2-5-12)17(21)22/h1-9,20H,(H,21,22)(H,23,24,25). The quantitative estimate of drug-likeness (QED) is 0.469. The van der Waals surface area contributed by atoms with E-state index >= 15 is 0 Å². The number of nitrogens with zero attached hydrogens (tertiary/aromatic N) is 2. The normalized spacial score (nSPS) is 11.9. The third-order valence-corrected chi connectivity index (χ3v) is 4.47. The summed E-state index contributed by atoms with van der Waals surface area (Å²) in [6.07, 6.45) is 0. The van der Waals surface area contributed by atoms with Gasteiger partial charge in [-0.1, -0.05) is 12.1 Å². The number of carbonyl (C=O) groups is 1. The van der Waals surface area contributed by atoms with E-state index in [9.17, 15) is 18.3 Å². The van der Waals surface area contributed by atoms with Crippen molar-refractivity contribution in [1.82, 2.24) is 0 Å². The highest BCUT2D eigenvalue weighted by Crippen LogP contribution is 2.37. The number of azo groups is 1. The summed E-state index contributed by atoms with van der Waals surface area (Å²) < 4.78 is 31.6. The van der Waals surface area contributed by atoms with Gasteiger partial charge < -0.3 is 10.2 Å². The molecule has 0 heterocycles. The second-order valence-electron chi connectivity index (χ2n) is 5.34. The molecule has 0 amide bonds. The number of aromatic carboxylic acids is 1. The minimum Gasteiger partial charge on any atom is -0.506 e. The van der Waals surface area contributed by atoms with Crippen LogP contribution in [0, 0.1) is 0 Å². The number of hydrogen-bond donors (Lipinski definition) is 3. The Morgan fingerprint density at radius 1 is 0.923 bits per heavy atom. The summed E-state index contributed by atoms with van der Waals surface area (Å²) in [6.45, 7) is 0. The number of aromatic hydroxyl groups is 1. The van der Waals surface area contributed by atoms with Crippen LogP contribution in [0.15, 0.2) is 69.7 Å². The molecule has 9 heteroatoms. The zero-order valence-electron chi connectivity index (χ0n) is 13.1. The molecule has 0 aliphatic rings. The molecule has 0 bridgehead atoms. The first kappa shape index (κ1) is 17.5. The molecule has 26 heavy (non-hydrogen) atoms. The monoisotopic (exact) mass is 372 g/mol. The number of carboxylic acids is 1. The van der Waals surface area contributed by atoms with Gasteiger partial charge in [-0.2, -0.15) is 13.5 Å². The molecule has 0 aliphatic carbocycles. The topological polar surface area (TPSA) is 137 Å². The summed E-state index contributed by atoms with van der Waals surface area (Å²) in [5, 5.41) is 27.7. The van der Waals surface area contributed by atoms with Crippen molar-refractivity contribution in [2.45, 2.75) is 4.90 Å². The molecule has 0 radical (unpaired) electrons. The highest BCUT2D eigenvalue weighted by Gasteiger charge is 2.13. The van der Waals surface area contributed by atoms with E-state index in [0.29, 0.717) is 16.5 Å². The van der Waals surface area contributed by atoms with Crippen molar-refractivity contribution < 1.29 is 28.0 Å². The third kappa shape index (κ3) is 3.53. The van der Waals surface area contributed by atoms with Crippen molar-refractivity contribution in [2.24, 2.45) is 10.2 Å². The minimum atomic E-state index is -4.35. The maximum absolute atomic E-state index is 11.2. The van der Waals surface area contributed by atoms with E-state index < -0.39 is 16.1 Å². The lowest BCUT2D eigenvalue weighted by Crippen LogP contribution is -1.97. The van der Waals surface area contributed by atoms with E-state index in [1.807, 2.05) is 0 Å². The van der Waals surface area contributed by atoms with Crippen LogP contribution >= 0.6 is 0 Å². The second kappa shape index (κ2) is 6.54. The molecule has 0 fully saturated rings. The van der Waals surface area contributed by atoms with Crippen molar-refractivity contribution in [2.75, 3.05) is 0 Å². The van der Waals surface area contributed by atoms with Crippen LogP contribution in [0.5, 0.6) is 5.75 Å². The number of fused-ring (bicyclic) bond motifs is 1. The van der Waals surface area contributed by atoms with E-state index in [1.54, 1.807) is 0 Å². The molecule has 0 saturated carbocycles. The number of phenolic OH excluding ortho intramolecular Hbond substituents is 1. The first-order valence-electron chi connectivity index (χ1n) is 7.24. The molecule has 0 aromatic heterocycles. The van der Waals surface area contributed by atoms with Gasteiger partial charge >= 0.3 is 5.97 Å². The number of rotatable bonds is 4. The lowest BCUT2D eigenvalue weighted by Gasteiger charge is -2.05. The Bertz CT molecular complexity index is 1140. The molecule has 0 aliphatic heterocycles. The van der Waals surface area contributed by atoms with E-state index in [0.717, 1.165) is 0 Å². The van der Waals surface area contributed by atoms with Crippen molar-refractivity contribution >= 4 is 38.2 Å². The summed E-state index contributed by atoms with van der Waals surface area (Å²) in [5.41, 5.74) is 0.599. The zero-order valence-corrected chi connectivity index (χ0v) is 13.9. The SMILES string of the molecule is O=C(O)c1ccc(N=Nc2c(O)ccc3cc(S(=O)(=O)O)ccc23)cc1. The van der Waals surface area contributed by atoms with Gasteiger partial charge in [0, 0.05) is 5.39 Å².